The van der Waals surface area contributed by atoms with Crippen LogP contribution in [0.15, 0.2) is 0 Å². The van der Waals surface area contributed by atoms with E-state index in [1.54, 1.807) is 0 Å². The first-order chi connectivity index (χ1) is 6.19. The van der Waals surface area contributed by atoms with Gasteiger partial charge in [-0.05, 0) is 25.7 Å². The van der Waals surface area contributed by atoms with E-state index >= 15 is 0 Å². The third kappa shape index (κ3) is 1.10. The van der Waals surface area contributed by atoms with Crippen LogP contribution in [0.2, 0.25) is 0 Å². The molecule has 2 rings (SSSR count). The molecule has 0 aromatic carbocycles. The van der Waals surface area contributed by atoms with Crippen LogP contribution in [0.4, 0.5) is 0 Å². The fraction of sp³-hybridized carbons (Fsp3) is 0.800. The molecule has 2 fully saturated rings. The standard InChI is InChI=1S/C10H15NO2/c1-2-10(5-3-6-10)11-7-4-8(12)9(11)13/h2-7H2,1H3. The van der Waals surface area contributed by atoms with Gasteiger partial charge in [-0.25, -0.2) is 0 Å². The lowest BCUT2D eigenvalue weighted by molar-refractivity contribution is -0.145. The molecule has 0 bridgehead atoms. The first-order valence-electron chi connectivity index (χ1n) is 5.04. The zero-order chi connectivity index (χ0) is 9.47. The maximum absolute atomic E-state index is 11.5. The Balaban J connectivity index is 2.16. The van der Waals surface area contributed by atoms with Crippen molar-refractivity contribution in [2.45, 2.75) is 44.6 Å². The summed E-state index contributed by atoms with van der Waals surface area (Å²) in [5.74, 6) is -0.429. The minimum absolute atomic E-state index is 0.0588. The Morgan fingerprint density at radius 1 is 1.38 bits per heavy atom. The zero-order valence-corrected chi connectivity index (χ0v) is 8.01. The molecule has 1 aliphatic carbocycles. The predicted molar refractivity (Wildman–Crippen MR) is 48.2 cm³/mol. The summed E-state index contributed by atoms with van der Waals surface area (Å²) in [5, 5.41) is 0. The monoisotopic (exact) mass is 181 g/mol. The van der Waals surface area contributed by atoms with Crippen molar-refractivity contribution in [2.75, 3.05) is 6.54 Å². The van der Waals surface area contributed by atoms with Gasteiger partial charge in [0.25, 0.3) is 5.91 Å². The molecule has 3 heteroatoms. The summed E-state index contributed by atoms with van der Waals surface area (Å²) < 4.78 is 0. The highest BCUT2D eigenvalue weighted by Gasteiger charge is 2.47. The molecule has 0 unspecified atom stereocenters. The fourth-order valence-corrected chi connectivity index (χ4v) is 2.42. The van der Waals surface area contributed by atoms with Gasteiger partial charge in [-0.1, -0.05) is 6.92 Å². The third-order valence-electron chi connectivity index (χ3n) is 3.56. The number of hydrogen-bond acceptors (Lipinski definition) is 2. The van der Waals surface area contributed by atoms with Crippen molar-refractivity contribution in [1.82, 2.24) is 4.90 Å². The van der Waals surface area contributed by atoms with Gasteiger partial charge < -0.3 is 4.90 Å². The predicted octanol–water partition coefficient (Wildman–Crippen LogP) is 1.12. The van der Waals surface area contributed by atoms with E-state index in [4.69, 9.17) is 0 Å². The number of carbonyl (C=O) groups excluding carboxylic acids is 2. The number of rotatable bonds is 2. The average molecular weight is 181 g/mol. The van der Waals surface area contributed by atoms with Crippen LogP contribution >= 0.6 is 0 Å². The SMILES string of the molecule is CCC1(N2CCC(=O)C2=O)CCC1. The fourth-order valence-electron chi connectivity index (χ4n) is 2.42. The Kier molecular flexibility index (Phi) is 1.90. The molecule has 2 aliphatic rings. The van der Waals surface area contributed by atoms with Gasteiger partial charge in [-0.2, -0.15) is 0 Å². The van der Waals surface area contributed by atoms with Crippen LogP contribution in [0.5, 0.6) is 0 Å². The van der Waals surface area contributed by atoms with Crippen LogP contribution in [-0.4, -0.2) is 28.7 Å². The first kappa shape index (κ1) is 8.73. The van der Waals surface area contributed by atoms with Gasteiger partial charge in [0.1, 0.15) is 0 Å². The molecule has 1 saturated carbocycles. The van der Waals surface area contributed by atoms with Crippen molar-refractivity contribution in [3.63, 3.8) is 0 Å². The molecule has 1 amide bonds. The van der Waals surface area contributed by atoms with Gasteiger partial charge in [0.05, 0.1) is 0 Å². The first-order valence-corrected chi connectivity index (χ1v) is 5.04. The Morgan fingerprint density at radius 2 is 2.08 bits per heavy atom. The molecule has 0 radical (unpaired) electrons. The average Bonchev–Trinajstić information content (AvgIpc) is 2.35. The number of likely N-dealkylation sites (tertiary alicyclic amines) is 1. The van der Waals surface area contributed by atoms with E-state index in [9.17, 15) is 9.59 Å². The smallest absolute Gasteiger partial charge is 0.290 e. The van der Waals surface area contributed by atoms with E-state index < -0.39 is 0 Å². The Morgan fingerprint density at radius 3 is 2.38 bits per heavy atom. The van der Waals surface area contributed by atoms with Crippen LogP contribution in [0.25, 0.3) is 0 Å². The second kappa shape index (κ2) is 2.82. The van der Waals surface area contributed by atoms with Crippen LogP contribution in [0.1, 0.15) is 39.0 Å². The molecular formula is C10H15NO2. The number of ketones is 1. The quantitative estimate of drug-likeness (QED) is 0.599. The van der Waals surface area contributed by atoms with Gasteiger partial charge in [-0.3, -0.25) is 9.59 Å². The summed E-state index contributed by atoms with van der Waals surface area (Å²) in [6.07, 6.45) is 4.80. The van der Waals surface area contributed by atoms with Crippen molar-refractivity contribution in [3.8, 4) is 0 Å². The number of Topliss-reactive ketones (excluding diaryl/α,β-unsaturated/α-hetero) is 1. The van der Waals surface area contributed by atoms with E-state index in [2.05, 4.69) is 6.92 Å². The lowest BCUT2D eigenvalue weighted by Crippen LogP contribution is -2.54. The summed E-state index contributed by atoms with van der Waals surface area (Å²) in [6.45, 7) is 2.76. The van der Waals surface area contributed by atoms with Gasteiger partial charge in [-0.15, -0.1) is 0 Å². The molecule has 0 aromatic heterocycles. The highest BCUT2D eigenvalue weighted by Crippen LogP contribution is 2.41. The summed E-state index contributed by atoms with van der Waals surface area (Å²) in [6, 6.07) is 0. The molecule has 1 saturated heterocycles. The Hall–Kier alpha value is -0.860. The minimum Gasteiger partial charge on any atom is -0.330 e. The minimum atomic E-state index is -0.235. The molecule has 0 N–H and O–H groups in total. The Labute approximate surface area is 78.1 Å². The largest absolute Gasteiger partial charge is 0.330 e. The van der Waals surface area contributed by atoms with Crippen LogP contribution in [0, 0.1) is 0 Å². The van der Waals surface area contributed by atoms with E-state index in [1.807, 2.05) is 4.90 Å². The summed E-state index contributed by atoms with van der Waals surface area (Å²) in [5.41, 5.74) is 0.0588. The van der Waals surface area contributed by atoms with E-state index in [0.717, 1.165) is 19.3 Å². The van der Waals surface area contributed by atoms with Gasteiger partial charge in [0, 0.05) is 18.5 Å². The van der Waals surface area contributed by atoms with Crippen molar-refractivity contribution < 1.29 is 9.59 Å². The normalized spacial score (nSPS) is 26.4. The van der Waals surface area contributed by atoms with Gasteiger partial charge in [0.15, 0.2) is 0 Å². The topological polar surface area (TPSA) is 37.4 Å². The zero-order valence-electron chi connectivity index (χ0n) is 8.01. The Bertz CT molecular complexity index is 250. The molecule has 3 nitrogen and oxygen atoms in total. The maximum Gasteiger partial charge on any atom is 0.290 e. The van der Waals surface area contributed by atoms with Crippen LogP contribution in [0.3, 0.4) is 0 Å². The molecular weight excluding hydrogens is 166 g/mol. The van der Waals surface area contributed by atoms with Crippen molar-refractivity contribution in [2.24, 2.45) is 0 Å². The molecule has 0 spiro atoms. The summed E-state index contributed by atoms with van der Waals surface area (Å²) >= 11 is 0. The second-order valence-corrected chi connectivity index (χ2v) is 4.06. The van der Waals surface area contributed by atoms with Crippen LogP contribution in [-0.2, 0) is 9.59 Å². The van der Waals surface area contributed by atoms with Crippen molar-refractivity contribution in [3.05, 3.63) is 0 Å². The van der Waals surface area contributed by atoms with Crippen molar-refractivity contribution >= 4 is 11.7 Å². The molecule has 72 valence electrons. The van der Waals surface area contributed by atoms with E-state index in [-0.39, 0.29) is 17.2 Å². The highest BCUT2D eigenvalue weighted by atomic mass is 16.2. The molecule has 1 heterocycles. The molecule has 0 atom stereocenters. The third-order valence-corrected chi connectivity index (χ3v) is 3.56. The number of amides is 1. The number of carbonyl (C=O) groups is 2. The highest BCUT2D eigenvalue weighted by molar-refractivity contribution is 6.38. The maximum atomic E-state index is 11.5. The molecule has 13 heavy (non-hydrogen) atoms. The van der Waals surface area contributed by atoms with Gasteiger partial charge in [0.2, 0.25) is 5.78 Å². The van der Waals surface area contributed by atoms with E-state index in [1.165, 1.54) is 6.42 Å². The van der Waals surface area contributed by atoms with Gasteiger partial charge >= 0.3 is 0 Å². The lowest BCUT2D eigenvalue weighted by atomic mass is 9.73. The number of nitrogens with zero attached hydrogens (tertiary/aromatic N) is 1. The second-order valence-electron chi connectivity index (χ2n) is 4.06. The van der Waals surface area contributed by atoms with Crippen molar-refractivity contribution in [1.29, 1.82) is 0 Å². The van der Waals surface area contributed by atoms with E-state index in [0.29, 0.717) is 13.0 Å². The van der Waals surface area contributed by atoms with Crippen LogP contribution < -0.4 is 0 Å². The lowest BCUT2D eigenvalue weighted by Gasteiger charge is -2.48. The number of hydrogen-bond donors (Lipinski definition) is 0. The summed E-state index contributed by atoms with van der Waals surface area (Å²) in [7, 11) is 0. The molecule has 0 aromatic rings. The molecule has 1 aliphatic heterocycles. The summed E-state index contributed by atoms with van der Waals surface area (Å²) in [4.78, 5) is 24.4.